The second-order valence-corrected chi connectivity index (χ2v) is 5.26. The van der Waals surface area contributed by atoms with Crippen molar-refractivity contribution in [2.75, 3.05) is 44.7 Å². The Kier molecular flexibility index (Phi) is 5.14. The lowest BCUT2D eigenvalue weighted by Crippen LogP contribution is -2.48. The maximum atomic E-state index is 10.9. The smallest absolute Gasteiger partial charge is 0.231 e. The molecule has 0 spiro atoms. The molecular weight excluding hydrogens is 268 g/mol. The Morgan fingerprint density at radius 2 is 2.24 bits per heavy atom. The normalized spacial score (nSPS) is 18.5. The van der Waals surface area contributed by atoms with E-state index in [9.17, 15) is 4.79 Å². The molecule has 1 saturated heterocycles. The lowest BCUT2D eigenvalue weighted by Gasteiger charge is -2.36. The predicted molar refractivity (Wildman–Crippen MR) is 79.8 cm³/mol. The van der Waals surface area contributed by atoms with Gasteiger partial charge in [-0.2, -0.15) is 5.26 Å². The van der Waals surface area contributed by atoms with E-state index in [1.807, 2.05) is 36.2 Å². The fourth-order valence-electron chi connectivity index (χ4n) is 2.49. The van der Waals surface area contributed by atoms with Crippen molar-refractivity contribution in [2.24, 2.45) is 5.73 Å². The summed E-state index contributed by atoms with van der Waals surface area (Å²) in [5.74, 6) is -0.336. The molecule has 1 aliphatic rings. The molecule has 21 heavy (non-hydrogen) atoms. The molecule has 0 radical (unpaired) electrons. The molecule has 1 aliphatic heterocycles. The number of ether oxygens (including phenoxy) is 1. The van der Waals surface area contributed by atoms with Gasteiger partial charge in [0.15, 0.2) is 0 Å². The number of morpholine rings is 1. The number of anilines is 1. The summed E-state index contributed by atoms with van der Waals surface area (Å²) < 4.78 is 5.74. The highest BCUT2D eigenvalue weighted by Crippen LogP contribution is 2.18. The lowest BCUT2D eigenvalue weighted by molar-refractivity contribution is -0.119. The van der Waals surface area contributed by atoms with E-state index in [2.05, 4.69) is 11.0 Å². The van der Waals surface area contributed by atoms with Gasteiger partial charge in [-0.05, 0) is 31.3 Å². The van der Waals surface area contributed by atoms with E-state index in [-0.39, 0.29) is 18.6 Å². The van der Waals surface area contributed by atoms with Gasteiger partial charge in [0.2, 0.25) is 5.91 Å². The van der Waals surface area contributed by atoms with Gasteiger partial charge in [0.05, 0.1) is 30.9 Å². The molecule has 6 heteroatoms. The van der Waals surface area contributed by atoms with Crippen LogP contribution in [0.3, 0.4) is 0 Å². The highest BCUT2D eigenvalue weighted by Gasteiger charge is 2.22. The number of hydrogen-bond donors (Lipinski definition) is 1. The molecule has 0 bridgehead atoms. The Bertz CT molecular complexity index is 523. The number of likely N-dealkylation sites (N-methyl/N-ethyl adjacent to an activating group) is 1. The number of nitriles is 1. The van der Waals surface area contributed by atoms with Crippen LogP contribution < -0.4 is 10.6 Å². The molecule has 2 N–H and O–H groups in total. The van der Waals surface area contributed by atoms with Crippen LogP contribution in [0.2, 0.25) is 0 Å². The first kappa shape index (κ1) is 15.3. The molecule has 1 aromatic rings. The van der Waals surface area contributed by atoms with Crippen LogP contribution in [0.4, 0.5) is 5.69 Å². The number of carbonyl (C=O) groups is 1. The largest absolute Gasteiger partial charge is 0.373 e. The molecule has 1 atom stereocenters. The lowest BCUT2D eigenvalue weighted by atomic mass is 10.2. The average Bonchev–Trinajstić information content (AvgIpc) is 2.46. The van der Waals surface area contributed by atoms with Crippen LogP contribution >= 0.6 is 0 Å². The maximum Gasteiger partial charge on any atom is 0.231 e. The summed E-state index contributed by atoms with van der Waals surface area (Å²) in [6, 6.07) is 9.66. The quantitative estimate of drug-likeness (QED) is 0.836. The van der Waals surface area contributed by atoms with Crippen LogP contribution in [-0.2, 0) is 9.53 Å². The van der Waals surface area contributed by atoms with Crippen LogP contribution in [0.5, 0.6) is 0 Å². The fourth-order valence-corrected chi connectivity index (χ4v) is 2.49. The summed E-state index contributed by atoms with van der Waals surface area (Å²) in [7, 11) is 1.86. The molecule has 112 valence electrons. The zero-order valence-electron chi connectivity index (χ0n) is 12.2. The van der Waals surface area contributed by atoms with Crippen molar-refractivity contribution in [1.29, 1.82) is 5.26 Å². The van der Waals surface area contributed by atoms with Gasteiger partial charge in [-0.25, -0.2) is 0 Å². The minimum Gasteiger partial charge on any atom is -0.373 e. The number of nitrogens with two attached hydrogens (primary N) is 1. The van der Waals surface area contributed by atoms with Gasteiger partial charge < -0.3 is 15.4 Å². The van der Waals surface area contributed by atoms with Gasteiger partial charge in [-0.15, -0.1) is 0 Å². The molecule has 1 heterocycles. The summed E-state index contributed by atoms with van der Waals surface area (Å²) in [5.41, 5.74) is 6.93. The van der Waals surface area contributed by atoms with E-state index in [1.165, 1.54) is 0 Å². The minimum absolute atomic E-state index is 0.0405. The van der Waals surface area contributed by atoms with Gasteiger partial charge in [-0.3, -0.25) is 9.69 Å². The number of rotatable bonds is 5. The molecule has 0 saturated carbocycles. The SMILES string of the molecule is CN(CC(N)=O)C[C@@H]1CN(c2ccc(C#N)cc2)CCO1. The molecule has 2 rings (SSSR count). The monoisotopic (exact) mass is 288 g/mol. The third-order valence-corrected chi connectivity index (χ3v) is 3.44. The van der Waals surface area contributed by atoms with Crippen LogP contribution in [-0.4, -0.2) is 56.7 Å². The fraction of sp³-hybridized carbons (Fsp3) is 0.467. The van der Waals surface area contributed by atoms with Crippen LogP contribution in [0, 0.1) is 11.3 Å². The number of carbonyl (C=O) groups excluding carboxylic acids is 1. The first-order valence-electron chi connectivity index (χ1n) is 6.92. The topological polar surface area (TPSA) is 82.6 Å². The van der Waals surface area contributed by atoms with Gasteiger partial charge >= 0.3 is 0 Å². The standard InChI is InChI=1S/C15H20N4O2/c1-18(11-15(17)20)9-14-10-19(6-7-21-14)13-4-2-12(8-16)3-5-13/h2-5,14H,6-7,9-11H2,1H3,(H2,17,20)/t14-/m1/s1. The second kappa shape index (κ2) is 7.07. The first-order chi connectivity index (χ1) is 10.1. The number of benzene rings is 1. The van der Waals surface area contributed by atoms with E-state index < -0.39 is 0 Å². The Hall–Kier alpha value is -2.10. The summed E-state index contributed by atoms with van der Waals surface area (Å²) >= 11 is 0. The van der Waals surface area contributed by atoms with Gasteiger partial charge in [0.1, 0.15) is 0 Å². The Labute approximate surface area is 124 Å². The third kappa shape index (κ3) is 4.45. The van der Waals surface area contributed by atoms with E-state index in [4.69, 9.17) is 15.7 Å². The molecular formula is C15H20N4O2. The Balaban J connectivity index is 1.93. The van der Waals surface area contributed by atoms with Crippen LogP contribution in [0.1, 0.15) is 5.56 Å². The second-order valence-electron chi connectivity index (χ2n) is 5.26. The summed E-state index contributed by atoms with van der Waals surface area (Å²) in [6.45, 7) is 3.12. The zero-order chi connectivity index (χ0) is 15.2. The molecule has 0 unspecified atom stereocenters. The number of nitrogens with zero attached hydrogens (tertiary/aromatic N) is 3. The molecule has 0 aromatic heterocycles. The number of amides is 1. The first-order valence-corrected chi connectivity index (χ1v) is 6.92. The summed E-state index contributed by atoms with van der Waals surface area (Å²) in [6.07, 6.45) is 0.0405. The number of hydrogen-bond acceptors (Lipinski definition) is 5. The minimum atomic E-state index is -0.336. The van der Waals surface area contributed by atoms with Crippen molar-refractivity contribution in [2.45, 2.75) is 6.10 Å². The van der Waals surface area contributed by atoms with Gasteiger partial charge in [-0.1, -0.05) is 0 Å². The van der Waals surface area contributed by atoms with Crippen molar-refractivity contribution in [3.63, 3.8) is 0 Å². The van der Waals surface area contributed by atoms with E-state index in [0.717, 1.165) is 18.8 Å². The third-order valence-electron chi connectivity index (χ3n) is 3.44. The number of primary amides is 1. The molecule has 1 fully saturated rings. The van der Waals surface area contributed by atoms with E-state index >= 15 is 0 Å². The van der Waals surface area contributed by atoms with Crippen molar-refractivity contribution in [3.05, 3.63) is 29.8 Å². The highest BCUT2D eigenvalue weighted by atomic mass is 16.5. The molecule has 6 nitrogen and oxygen atoms in total. The van der Waals surface area contributed by atoms with E-state index in [1.54, 1.807) is 0 Å². The van der Waals surface area contributed by atoms with Crippen molar-refractivity contribution in [1.82, 2.24) is 4.90 Å². The van der Waals surface area contributed by atoms with Crippen molar-refractivity contribution < 1.29 is 9.53 Å². The van der Waals surface area contributed by atoms with E-state index in [0.29, 0.717) is 18.7 Å². The van der Waals surface area contributed by atoms with Crippen LogP contribution in [0.25, 0.3) is 0 Å². The van der Waals surface area contributed by atoms with Crippen molar-refractivity contribution >= 4 is 11.6 Å². The highest BCUT2D eigenvalue weighted by molar-refractivity contribution is 5.75. The molecule has 1 amide bonds. The van der Waals surface area contributed by atoms with Crippen LogP contribution in [0.15, 0.2) is 24.3 Å². The van der Waals surface area contributed by atoms with Gasteiger partial charge in [0, 0.05) is 25.3 Å². The Morgan fingerprint density at radius 1 is 1.52 bits per heavy atom. The predicted octanol–water partition coefficient (Wildman–Crippen LogP) is 0.181. The molecule has 0 aliphatic carbocycles. The van der Waals surface area contributed by atoms with Gasteiger partial charge in [0.25, 0.3) is 0 Å². The molecule has 1 aromatic carbocycles. The average molecular weight is 288 g/mol. The van der Waals surface area contributed by atoms with Crippen molar-refractivity contribution in [3.8, 4) is 6.07 Å². The Morgan fingerprint density at radius 3 is 2.86 bits per heavy atom. The zero-order valence-corrected chi connectivity index (χ0v) is 12.2. The summed E-state index contributed by atoms with van der Waals surface area (Å²) in [5, 5.41) is 8.83. The maximum absolute atomic E-state index is 10.9. The summed E-state index contributed by atoms with van der Waals surface area (Å²) in [4.78, 5) is 15.0.